The lowest BCUT2D eigenvalue weighted by atomic mass is 10.3. The van der Waals surface area contributed by atoms with Crippen LogP contribution >= 0.6 is 24.0 Å². The van der Waals surface area contributed by atoms with Crippen LogP contribution in [0.25, 0.3) is 0 Å². The minimum absolute atomic E-state index is 0. The van der Waals surface area contributed by atoms with E-state index in [4.69, 9.17) is 0 Å². The predicted molar refractivity (Wildman–Crippen MR) is 78.2 cm³/mol. The van der Waals surface area contributed by atoms with Crippen molar-refractivity contribution in [2.45, 2.75) is 26.8 Å². The van der Waals surface area contributed by atoms with E-state index in [1.807, 2.05) is 7.05 Å². The third-order valence-electron chi connectivity index (χ3n) is 2.46. The molecule has 0 saturated heterocycles. The van der Waals surface area contributed by atoms with Crippen molar-refractivity contribution in [2.75, 3.05) is 33.7 Å². The monoisotopic (exact) mass is 328 g/mol. The van der Waals surface area contributed by atoms with Crippen molar-refractivity contribution in [2.24, 2.45) is 4.99 Å². The second-order valence-electron chi connectivity index (χ2n) is 3.27. The smallest absolute Gasteiger partial charge is 0.190 e. The minimum Gasteiger partial charge on any atom is -0.359 e. The van der Waals surface area contributed by atoms with Gasteiger partial charge < -0.3 is 10.6 Å². The molecule has 0 aromatic heterocycles. The van der Waals surface area contributed by atoms with Gasteiger partial charge in [0.05, 0.1) is 0 Å². The normalized spacial score (nSPS) is 13.3. The van der Waals surface area contributed by atoms with Gasteiger partial charge in [-0.1, -0.05) is 13.8 Å². The molecular weight excluding hydrogens is 303 g/mol. The molecule has 0 aliphatic carbocycles. The maximum atomic E-state index is 4.07. The summed E-state index contributed by atoms with van der Waals surface area (Å²) in [6.07, 6.45) is 0. The van der Waals surface area contributed by atoms with Crippen molar-refractivity contribution in [1.82, 2.24) is 15.5 Å². The molecule has 4 nitrogen and oxygen atoms in total. The molecule has 0 spiro atoms. The standard InChI is InChI=1S/C10H24N4.HI/c1-6-14(7-2)9(3)8-13-10(11-4)12-5;/h9H,6-8H2,1-5H3,(H2,11,12,13);1H. The fourth-order valence-corrected chi connectivity index (χ4v) is 1.50. The van der Waals surface area contributed by atoms with Gasteiger partial charge in [0.2, 0.25) is 0 Å². The maximum absolute atomic E-state index is 4.07. The zero-order valence-corrected chi connectivity index (χ0v) is 12.8. The van der Waals surface area contributed by atoms with Gasteiger partial charge in [-0.3, -0.25) is 9.89 Å². The van der Waals surface area contributed by atoms with Crippen LogP contribution in [0.3, 0.4) is 0 Å². The summed E-state index contributed by atoms with van der Waals surface area (Å²) in [6, 6.07) is 0.537. The summed E-state index contributed by atoms with van der Waals surface area (Å²) in [5.74, 6) is 0.851. The molecule has 0 aromatic carbocycles. The Morgan fingerprint density at radius 2 is 1.87 bits per heavy atom. The van der Waals surface area contributed by atoms with Crippen LogP contribution in [0.15, 0.2) is 4.99 Å². The van der Waals surface area contributed by atoms with Gasteiger partial charge in [-0.15, -0.1) is 24.0 Å². The summed E-state index contributed by atoms with van der Waals surface area (Å²) < 4.78 is 0. The number of halogens is 1. The molecule has 0 amide bonds. The molecule has 5 heteroatoms. The van der Waals surface area contributed by atoms with Gasteiger partial charge in [-0.25, -0.2) is 0 Å². The van der Waals surface area contributed by atoms with Crippen molar-refractivity contribution in [3.05, 3.63) is 0 Å². The van der Waals surface area contributed by atoms with Crippen LogP contribution in [0.5, 0.6) is 0 Å². The first-order valence-corrected chi connectivity index (χ1v) is 5.31. The number of hydrogen-bond acceptors (Lipinski definition) is 2. The van der Waals surface area contributed by atoms with Crippen LogP contribution in [0, 0.1) is 0 Å². The van der Waals surface area contributed by atoms with Gasteiger partial charge in [0, 0.05) is 26.7 Å². The Balaban J connectivity index is 0. The van der Waals surface area contributed by atoms with Crippen LogP contribution in [-0.2, 0) is 0 Å². The molecule has 1 unspecified atom stereocenters. The molecule has 15 heavy (non-hydrogen) atoms. The van der Waals surface area contributed by atoms with Crippen molar-refractivity contribution < 1.29 is 0 Å². The second kappa shape index (κ2) is 10.5. The van der Waals surface area contributed by atoms with Crippen molar-refractivity contribution in [3.63, 3.8) is 0 Å². The summed E-state index contributed by atoms with van der Waals surface area (Å²) in [5.41, 5.74) is 0. The Morgan fingerprint density at radius 3 is 2.20 bits per heavy atom. The van der Waals surface area contributed by atoms with Gasteiger partial charge in [-0.2, -0.15) is 0 Å². The van der Waals surface area contributed by atoms with Gasteiger partial charge >= 0.3 is 0 Å². The van der Waals surface area contributed by atoms with Crippen LogP contribution in [-0.4, -0.2) is 50.6 Å². The molecule has 2 N–H and O–H groups in total. The molecule has 0 bridgehead atoms. The minimum atomic E-state index is 0. The van der Waals surface area contributed by atoms with E-state index in [9.17, 15) is 0 Å². The van der Waals surface area contributed by atoms with E-state index in [1.165, 1.54) is 0 Å². The highest BCUT2D eigenvalue weighted by molar-refractivity contribution is 14.0. The number of likely N-dealkylation sites (N-methyl/N-ethyl adjacent to an activating group) is 1. The zero-order valence-electron chi connectivity index (χ0n) is 10.5. The number of nitrogens with zero attached hydrogens (tertiary/aromatic N) is 2. The first kappa shape index (κ1) is 17.4. The third-order valence-corrected chi connectivity index (χ3v) is 2.46. The molecule has 0 radical (unpaired) electrons. The van der Waals surface area contributed by atoms with E-state index in [1.54, 1.807) is 7.05 Å². The maximum Gasteiger partial charge on any atom is 0.190 e. The lowest BCUT2D eigenvalue weighted by Gasteiger charge is -2.26. The van der Waals surface area contributed by atoms with Crippen LogP contribution in [0.2, 0.25) is 0 Å². The highest BCUT2D eigenvalue weighted by Gasteiger charge is 2.09. The Kier molecular flexibility index (Phi) is 12.1. The van der Waals surface area contributed by atoms with Crippen LogP contribution in [0.4, 0.5) is 0 Å². The highest BCUT2D eigenvalue weighted by Crippen LogP contribution is 1.95. The molecule has 0 rings (SSSR count). The van der Waals surface area contributed by atoms with E-state index in [2.05, 4.69) is 41.3 Å². The molecule has 92 valence electrons. The predicted octanol–water partition coefficient (Wildman–Crippen LogP) is 1.13. The van der Waals surface area contributed by atoms with Gasteiger partial charge in [0.15, 0.2) is 5.96 Å². The van der Waals surface area contributed by atoms with Crippen LogP contribution < -0.4 is 10.6 Å². The van der Waals surface area contributed by atoms with Crippen molar-refractivity contribution in [3.8, 4) is 0 Å². The summed E-state index contributed by atoms with van der Waals surface area (Å²) in [5, 5.41) is 6.27. The van der Waals surface area contributed by atoms with Gasteiger partial charge in [-0.05, 0) is 20.0 Å². The van der Waals surface area contributed by atoms with Crippen molar-refractivity contribution in [1.29, 1.82) is 0 Å². The Bertz CT molecular complexity index is 169. The fourth-order valence-electron chi connectivity index (χ4n) is 1.50. The summed E-state index contributed by atoms with van der Waals surface area (Å²) >= 11 is 0. The first-order chi connectivity index (χ1) is 6.69. The molecule has 0 aromatic rings. The van der Waals surface area contributed by atoms with Gasteiger partial charge in [0.25, 0.3) is 0 Å². The lowest BCUT2D eigenvalue weighted by Crippen LogP contribution is -2.45. The Labute approximate surface area is 111 Å². The number of rotatable bonds is 5. The molecule has 0 fully saturated rings. The largest absolute Gasteiger partial charge is 0.359 e. The van der Waals surface area contributed by atoms with E-state index >= 15 is 0 Å². The SMILES string of the molecule is CCN(CC)C(C)CNC(=NC)NC.I. The molecule has 0 aliphatic rings. The average molecular weight is 328 g/mol. The Hall–Kier alpha value is -0.0400. The molecule has 0 aliphatic heterocycles. The summed E-state index contributed by atoms with van der Waals surface area (Å²) in [7, 11) is 3.65. The number of hydrogen-bond donors (Lipinski definition) is 2. The Morgan fingerprint density at radius 1 is 1.33 bits per heavy atom. The number of nitrogens with one attached hydrogen (secondary N) is 2. The first-order valence-electron chi connectivity index (χ1n) is 5.31. The average Bonchev–Trinajstić information content (AvgIpc) is 2.21. The summed E-state index contributed by atoms with van der Waals surface area (Å²) in [4.78, 5) is 6.48. The molecule has 0 saturated carbocycles. The lowest BCUT2D eigenvalue weighted by molar-refractivity contribution is 0.231. The number of aliphatic imine (C=N–C) groups is 1. The topological polar surface area (TPSA) is 39.7 Å². The van der Waals surface area contributed by atoms with Crippen molar-refractivity contribution >= 4 is 29.9 Å². The molecule has 1 atom stereocenters. The van der Waals surface area contributed by atoms with E-state index in [0.717, 1.165) is 25.6 Å². The zero-order chi connectivity index (χ0) is 11.0. The number of guanidine groups is 1. The molecular formula is C10H25IN4. The quantitative estimate of drug-likeness (QED) is 0.452. The second-order valence-corrected chi connectivity index (χ2v) is 3.27. The van der Waals surface area contributed by atoms with Crippen LogP contribution in [0.1, 0.15) is 20.8 Å². The summed E-state index contributed by atoms with van der Waals surface area (Å²) in [6.45, 7) is 9.72. The molecule has 0 heterocycles. The van der Waals surface area contributed by atoms with E-state index in [0.29, 0.717) is 6.04 Å². The van der Waals surface area contributed by atoms with Gasteiger partial charge in [0.1, 0.15) is 0 Å². The third kappa shape index (κ3) is 6.94. The fraction of sp³-hybridized carbons (Fsp3) is 0.900. The highest BCUT2D eigenvalue weighted by atomic mass is 127. The van der Waals surface area contributed by atoms with E-state index in [-0.39, 0.29) is 24.0 Å². The van der Waals surface area contributed by atoms with E-state index < -0.39 is 0 Å².